The highest BCUT2D eigenvalue weighted by Crippen LogP contribution is 2.21. The molecule has 1 amide bonds. The molecule has 0 bridgehead atoms. The molecular formula is C16H17N5O3. The minimum absolute atomic E-state index is 0.0291. The molecule has 0 heterocycles. The Hall–Kier alpha value is -3.55. The van der Waals surface area contributed by atoms with Crippen molar-refractivity contribution in [2.45, 2.75) is 6.92 Å². The van der Waals surface area contributed by atoms with Crippen LogP contribution in [0.5, 0.6) is 0 Å². The molecule has 24 heavy (non-hydrogen) atoms. The fourth-order valence-electron chi connectivity index (χ4n) is 1.30. The number of nitro groups is 1. The molecule has 4 N–H and O–H groups in total. The Balaban J connectivity index is 0.000000413. The van der Waals surface area contributed by atoms with Crippen molar-refractivity contribution < 1.29 is 9.72 Å². The first-order chi connectivity index (χ1) is 11.3. The molecule has 0 radical (unpaired) electrons. The Morgan fingerprint density at radius 2 is 1.42 bits per heavy atom. The van der Waals surface area contributed by atoms with Crippen molar-refractivity contribution in [1.82, 2.24) is 0 Å². The largest absolute Gasteiger partial charge is 0.399 e. The standard InChI is InChI=1S/C12H10N4O2.C4H7NO/c13-9-1-3-10(4-2-9)14-15-11-5-7-12(8-6-11)16(17)18;1-3(2)4(5)6/h1-8H,13H2;1H2,2H3,(H2,5,6). The molecule has 2 rings (SSSR count). The average Bonchev–Trinajstić information content (AvgIpc) is 2.55. The summed E-state index contributed by atoms with van der Waals surface area (Å²) in [6.07, 6.45) is 0. The van der Waals surface area contributed by atoms with Gasteiger partial charge in [0.15, 0.2) is 0 Å². The van der Waals surface area contributed by atoms with Gasteiger partial charge in [-0.15, -0.1) is 0 Å². The lowest BCUT2D eigenvalue weighted by molar-refractivity contribution is -0.384. The number of primary amides is 1. The van der Waals surface area contributed by atoms with Crippen LogP contribution in [0.4, 0.5) is 22.7 Å². The van der Waals surface area contributed by atoms with E-state index in [4.69, 9.17) is 11.5 Å². The number of carbonyl (C=O) groups excluding carboxylic acids is 1. The summed E-state index contributed by atoms with van der Waals surface area (Å²) in [6.45, 7) is 4.85. The van der Waals surface area contributed by atoms with Gasteiger partial charge in [-0.1, -0.05) is 6.58 Å². The number of nitro benzene ring substituents is 1. The van der Waals surface area contributed by atoms with Gasteiger partial charge in [0.2, 0.25) is 5.91 Å². The van der Waals surface area contributed by atoms with E-state index in [-0.39, 0.29) is 5.69 Å². The van der Waals surface area contributed by atoms with Crippen molar-refractivity contribution in [2.24, 2.45) is 16.0 Å². The number of nitrogens with zero attached hydrogens (tertiary/aromatic N) is 3. The van der Waals surface area contributed by atoms with Crippen molar-refractivity contribution >= 4 is 28.7 Å². The van der Waals surface area contributed by atoms with Gasteiger partial charge in [0.25, 0.3) is 5.69 Å². The minimum atomic E-state index is -0.457. The maximum absolute atomic E-state index is 10.5. The number of amides is 1. The van der Waals surface area contributed by atoms with E-state index < -0.39 is 10.8 Å². The smallest absolute Gasteiger partial charge is 0.269 e. The molecule has 0 aliphatic carbocycles. The molecule has 124 valence electrons. The summed E-state index contributed by atoms with van der Waals surface area (Å²) in [5.74, 6) is -0.435. The van der Waals surface area contributed by atoms with Crippen LogP contribution in [-0.4, -0.2) is 10.8 Å². The van der Waals surface area contributed by atoms with Crippen molar-refractivity contribution in [3.63, 3.8) is 0 Å². The Labute approximate surface area is 138 Å². The lowest BCUT2D eigenvalue weighted by atomic mass is 10.3. The Morgan fingerprint density at radius 1 is 1.04 bits per heavy atom. The van der Waals surface area contributed by atoms with Crippen LogP contribution in [0.15, 0.2) is 70.9 Å². The topological polar surface area (TPSA) is 137 Å². The van der Waals surface area contributed by atoms with E-state index in [1.807, 2.05) is 0 Å². The van der Waals surface area contributed by atoms with E-state index in [1.165, 1.54) is 12.1 Å². The van der Waals surface area contributed by atoms with E-state index in [0.29, 0.717) is 22.6 Å². The van der Waals surface area contributed by atoms with Gasteiger partial charge in [-0.3, -0.25) is 14.9 Å². The highest BCUT2D eigenvalue weighted by molar-refractivity contribution is 5.90. The van der Waals surface area contributed by atoms with Gasteiger partial charge in [0, 0.05) is 23.4 Å². The maximum atomic E-state index is 10.5. The molecule has 8 nitrogen and oxygen atoms in total. The molecule has 2 aromatic carbocycles. The first-order valence-electron chi connectivity index (χ1n) is 6.76. The number of benzene rings is 2. The van der Waals surface area contributed by atoms with Gasteiger partial charge in [-0.05, 0) is 43.3 Å². The minimum Gasteiger partial charge on any atom is -0.399 e. The number of hydrogen-bond donors (Lipinski definition) is 2. The third-order valence-electron chi connectivity index (χ3n) is 2.66. The van der Waals surface area contributed by atoms with Crippen LogP contribution in [-0.2, 0) is 4.79 Å². The molecule has 0 aliphatic heterocycles. The monoisotopic (exact) mass is 327 g/mol. The number of azo groups is 1. The number of hydrogen-bond acceptors (Lipinski definition) is 6. The van der Waals surface area contributed by atoms with E-state index in [2.05, 4.69) is 16.8 Å². The van der Waals surface area contributed by atoms with Gasteiger partial charge < -0.3 is 11.5 Å². The fraction of sp³-hybridized carbons (Fsp3) is 0.0625. The number of carbonyl (C=O) groups is 1. The van der Waals surface area contributed by atoms with Gasteiger partial charge in [-0.2, -0.15) is 10.2 Å². The molecule has 0 spiro atoms. The normalized spacial score (nSPS) is 9.88. The second kappa shape index (κ2) is 8.79. The highest BCUT2D eigenvalue weighted by Gasteiger charge is 2.02. The van der Waals surface area contributed by atoms with Crippen LogP contribution in [0.25, 0.3) is 0 Å². The molecular weight excluding hydrogens is 310 g/mol. The number of rotatable bonds is 4. The van der Waals surface area contributed by atoms with E-state index in [0.717, 1.165) is 0 Å². The molecule has 0 aliphatic rings. The summed E-state index contributed by atoms with van der Waals surface area (Å²) in [6, 6.07) is 12.8. The Kier molecular flexibility index (Phi) is 6.77. The fourth-order valence-corrected chi connectivity index (χ4v) is 1.30. The number of anilines is 1. The quantitative estimate of drug-likeness (QED) is 0.291. The summed E-state index contributed by atoms with van der Waals surface area (Å²) in [5.41, 5.74) is 12.5. The molecule has 0 saturated heterocycles. The third kappa shape index (κ3) is 6.48. The molecule has 0 aromatic heterocycles. The van der Waals surface area contributed by atoms with Crippen molar-refractivity contribution in [1.29, 1.82) is 0 Å². The second-order valence-electron chi connectivity index (χ2n) is 4.71. The SMILES string of the molecule is C=C(C)C(N)=O.Nc1ccc(N=Nc2ccc([N+](=O)[O-])cc2)cc1. The lowest BCUT2D eigenvalue weighted by Crippen LogP contribution is -2.10. The first-order valence-corrected chi connectivity index (χ1v) is 6.76. The predicted molar refractivity (Wildman–Crippen MR) is 92.1 cm³/mol. The van der Waals surface area contributed by atoms with Crippen molar-refractivity contribution in [3.05, 3.63) is 70.8 Å². The van der Waals surface area contributed by atoms with E-state index in [9.17, 15) is 14.9 Å². The van der Waals surface area contributed by atoms with Crippen LogP contribution in [0, 0.1) is 10.1 Å². The van der Waals surface area contributed by atoms with Crippen LogP contribution in [0.2, 0.25) is 0 Å². The second-order valence-corrected chi connectivity index (χ2v) is 4.71. The number of nitrogens with two attached hydrogens (primary N) is 2. The summed E-state index contributed by atoms with van der Waals surface area (Å²) in [5, 5.41) is 18.4. The molecule has 0 unspecified atom stereocenters. The van der Waals surface area contributed by atoms with Gasteiger partial charge in [0.1, 0.15) is 0 Å². The summed E-state index contributed by atoms with van der Waals surface area (Å²) in [4.78, 5) is 19.8. The van der Waals surface area contributed by atoms with Gasteiger partial charge >= 0.3 is 0 Å². The summed E-state index contributed by atoms with van der Waals surface area (Å²) < 4.78 is 0. The zero-order valence-electron chi connectivity index (χ0n) is 13.0. The van der Waals surface area contributed by atoms with Gasteiger partial charge in [0.05, 0.1) is 16.3 Å². The van der Waals surface area contributed by atoms with Crippen LogP contribution >= 0.6 is 0 Å². The highest BCUT2D eigenvalue weighted by atomic mass is 16.6. The number of nitrogen functional groups attached to an aromatic ring is 1. The molecule has 2 aromatic rings. The van der Waals surface area contributed by atoms with Crippen molar-refractivity contribution in [2.75, 3.05) is 5.73 Å². The predicted octanol–water partition coefficient (Wildman–Crippen LogP) is 3.64. The van der Waals surface area contributed by atoms with Crippen LogP contribution in [0.3, 0.4) is 0 Å². The molecule has 0 atom stereocenters. The molecule has 0 saturated carbocycles. The number of non-ortho nitro benzene ring substituents is 1. The zero-order valence-corrected chi connectivity index (χ0v) is 13.0. The summed E-state index contributed by atoms with van der Waals surface area (Å²) >= 11 is 0. The molecule has 0 fully saturated rings. The van der Waals surface area contributed by atoms with Crippen LogP contribution in [0.1, 0.15) is 6.92 Å². The maximum Gasteiger partial charge on any atom is 0.269 e. The van der Waals surface area contributed by atoms with Crippen molar-refractivity contribution in [3.8, 4) is 0 Å². The Bertz CT molecular complexity index is 740. The Morgan fingerprint density at radius 3 is 1.75 bits per heavy atom. The zero-order chi connectivity index (χ0) is 18.1. The third-order valence-corrected chi connectivity index (χ3v) is 2.66. The molecule has 8 heteroatoms. The lowest BCUT2D eigenvalue weighted by Gasteiger charge is -1.94. The average molecular weight is 327 g/mol. The van der Waals surface area contributed by atoms with Crippen LogP contribution < -0.4 is 11.5 Å². The first kappa shape index (κ1) is 18.5. The van der Waals surface area contributed by atoms with E-state index >= 15 is 0 Å². The summed E-state index contributed by atoms with van der Waals surface area (Å²) in [7, 11) is 0. The van der Waals surface area contributed by atoms with E-state index in [1.54, 1.807) is 43.3 Å². The van der Waals surface area contributed by atoms with Gasteiger partial charge in [-0.25, -0.2) is 0 Å².